The fraction of sp³-hybridized carbons (Fsp3) is 0.200. The number of benzene rings is 4. The summed E-state index contributed by atoms with van der Waals surface area (Å²) in [7, 11) is 0. The third kappa shape index (κ3) is 3.49. The standard InChI is InChI=1S/C35H32N2S/c1-23-13-17-25(18-14-23)36-28-10-6-5-9-27(28)35(3,4)33-30(36)21-22-31-34(33)38-32-12-8-7-11-29(32)37(31)26-19-15-24(2)16-20-26/h5-13,15-23H,14H2,1-4H3/t23-/m0/s1. The molecule has 0 amide bonds. The molecule has 0 saturated carbocycles. The van der Waals surface area contributed by atoms with Gasteiger partial charge in [0.25, 0.3) is 0 Å². The van der Waals surface area contributed by atoms with E-state index in [4.69, 9.17) is 0 Å². The summed E-state index contributed by atoms with van der Waals surface area (Å²) in [5.41, 5.74) is 11.4. The van der Waals surface area contributed by atoms with Gasteiger partial charge < -0.3 is 9.80 Å². The van der Waals surface area contributed by atoms with Crippen LogP contribution in [0.25, 0.3) is 0 Å². The highest BCUT2D eigenvalue weighted by Gasteiger charge is 2.41. The van der Waals surface area contributed by atoms with Gasteiger partial charge in [-0.1, -0.05) is 92.7 Å². The molecule has 0 unspecified atom stereocenters. The number of rotatable bonds is 2. The van der Waals surface area contributed by atoms with Crippen molar-refractivity contribution in [3.63, 3.8) is 0 Å². The van der Waals surface area contributed by atoms with E-state index < -0.39 is 0 Å². The lowest BCUT2D eigenvalue weighted by atomic mass is 9.73. The molecule has 4 aromatic carbocycles. The van der Waals surface area contributed by atoms with Crippen molar-refractivity contribution < 1.29 is 0 Å². The van der Waals surface area contributed by atoms with Gasteiger partial charge in [0.2, 0.25) is 0 Å². The number of hydrogen-bond acceptors (Lipinski definition) is 3. The van der Waals surface area contributed by atoms with E-state index in [1.807, 2.05) is 11.8 Å². The molecule has 4 aromatic rings. The number of aryl methyl sites for hydroxylation is 1. The Labute approximate surface area is 230 Å². The second kappa shape index (κ2) is 8.68. The van der Waals surface area contributed by atoms with Crippen LogP contribution in [0.15, 0.2) is 119 Å². The average Bonchev–Trinajstić information content (AvgIpc) is 2.93. The largest absolute Gasteiger partial charge is 0.310 e. The summed E-state index contributed by atoms with van der Waals surface area (Å²) in [6.45, 7) is 9.23. The van der Waals surface area contributed by atoms with E-state index in [-0.39, 0.29) is 5.41 Å². The van der Waals surface area contributed by atoms with Gasteiger partial charge in [-0.2, -0.15) is 0 Å². The van der Waals surface area contributed by atoms with Gasteiger partial charge in [0.05, 0.1) is 22.7 Å². The van der Waals surface area contributed by atoms with Crippen LogP contribution < -0.4 is 9.80 Å². The van der Waals surface area contributed by atoms with Gasteiger partial charge in [-0.05, 0) is 73.4 Å². The number of fused-ring (bicyclic) bond motifs is 5. The van der Waals surface area contributed by atoms with Crippen LogP contribution in [0.4, 0.5) is 28.4 Å². The van der Waals surface area contributed by atoms with Crippen molar-refractivity contribution in [3.05, 3.63) is 126 Å². The Morgan fingerprint density at radius 1 is 0.763 bits per heavy atom. The van der Waals surface area contributed by atoms with Gasteiger partial charge in [0, 0.05) is 32.2 Å². The third-order valence-electron chi connectivity index (χ3n) is 8.20. The summed E-state index contributed by atoms with van der Waals surface area (Å²) in [4.78, 5) is 7.58. The van der Waals surface area contributed by atoms with E-state index in [1.54, 1.807) is 0 Å². The topological polar surface area (TPSA) is 6.48 Å². The third-order valence-corrected chi connectivity index (χ3v) is 9.39. The van der Waals surface area contributed by atoms with E-state index >= 15 is 0 Å². The van der Waals surface area contributed by atoms with Gasteiger partial charge in [-0.15, -0.1) is 0 Å². The Balaban J connectivity index is 1.50. The Hall–Kier alpha value is -3.69. The van der Waals surface area contributed by atoms with Gasteiger partial charge in [0.15, 0.2) is 0 Å². The quantitative estimate of drug-likeness (QED) is 0.232. The number of allylic oxidation sites excluding steroid dienone is 3. The SMILES string of the molecule is Cc1ccc(N2c3ccccc3Sc3c2ccc2c3C(C)(C)c3ccccc3N2C2=CC[C@@H](C)C=C2)cc1. The zero-order chi connectivity index (χ0) is 26.0. The smallest absolute Gasteiger partial charge is 0.0606 e. The van der Waals surface area contributed by atoms with Crippen LogP contribution in [0.2, 0.25) is 0 Å². The first-order valence-corrected chi connectivity index (χ1v) is 14.3. The first kappa shape index (κ1) is 23.4. The molecular formula is C35H32N2S. The minimum absolute atomic E-state index is 0.155. The highest BCUT2D eigenvalue weighted by Crippen LogP contribution is 2.60. The van der Waals surface area contributed by atoms with E-state index in [1.165, 1.54) is 60.6 Å². The molecule has 1 atom stereocenters. The van der Waals surface area contributed by atoms with Crippen molar-refractivity contribution in [1.82, 2.24) is 0 Å². The Morgan fingerprint density at radius 2 is 1.47 bits per heavy atom. The van der Waals surface area contributed by atoms with E-state index in [0.29, 0.717) is 5.92 Å². The van der Waals surface area contributed by atoms with Crippen LogP contribution >= 0.6 is 11.8 Å². The van der Waals surface area contributed by atoms with Gasteiger partial charge in [-0.3, -0.25) is 0 Å². The van der Waals surface area contributed by atoms with Crippen molar-refractivity contribution in [2.45, 2.75) is 49.3 Å². The lowest BCUT2D eigenvalue weighted by Gasteiger charge is -2.45. The predicted octanol–water partition coefficient (Wildman–Crippen LogP) is 10.2. The number of hydrogen-bond donors (Lipinski definition) is 0. The van der Waals surface area contributed by atoms with Crippen LogP contribution in [0, 0.1) is 12.8 Å². The van der Waals surface area contributed by atoms with Crippen molar-refractivity contribution in [2.75, 3.05) is 9.80 Å². The average molecular weight is 513 g/mol. The molecule has 0 saturated heterocycles. The second-order valence-corrected chi connectivity index (χ2v) is 12.3. The first-order chi connectivity index (χ1) is 18.4. The van der Waals surface area contributed by atoms with Crippen molar-refractivity contribution in [3.8, 4) is 0 Å². The maximum Gasteiger partial charge on any atom is 0.0606 e. The minimum Gasteiger partial charge on any atom is -0.310 e. The molecular weight excluding hydrogens is 480 g/mol. The van der Waals surface area contributed by atoms with Crippen molar-refractivity contribution in [2.24, 2.45) is 5.92 Å². The van der Waals surface area contributed by atoms with Gasteiger partial charge in [0.1, 0.15) is 0 Å². The maximum absolute atomic E-state index is 2.50. The number of nitrogens with zero attached hydrogens (tertiary/aromatic N) is 2. The molecule has 0 fully saturated rings. The van der Waals surface area contributed by atoms with Crippen molar-refractivity contribution >= 4 is 40.2 Å². The lowest BCUT2D eigenvalue weighted by molar-refractivity contribution is 0.615. The fourth-order valence-electron chi connectivity index (χ4n) is 6.19. The highest BCUT2D eigenvalue weighted by molar-refractivity contribution is 7.99. The first-order valence-electron chi connectivity index (χ1n) is 13.5. The van der Waals surface area contributed by atoms with Gasteiger partial charge in [-0.25, -0.2) is 0 Å². The molecule has 0 N–H and O–H groups in total. The molecule has 0 radical (unpaired) electrons. The summed E-state index contributed by atoms with van der Waals surface area (Å²) in [6, 6.07) is 31.4. The molecule has 7 rings (SSSR count). The Bertz CT molecular complexity index is 1630. The zero-order valence-electron chi connectivity index (χ0n) is 22.4. The highest BCUT2D eigenvalue weighted by atomic mass is 32.2. The molecule has 2 nitrogen and oxygen atoms in total. The molecule has 0 spiro atoms. The molecule has 38 heavy (non-hydrogen) atoms. The molecule has 0 aromatic heterocycles. The van der Waals surface area contributed by atoms with E-state index in [0.717, 1.165) is 6.42 Å². The Kier molecular flexibility index (Phi) is 5.35. The zero-order valence-corrected chi connectivity index (χ0v) is 23.2. The van der Waals surface area contributed by atoms with Crippen LogP contribution in [0.1, 0.15) is 43.9 Å². The fourth-order valence-corrected chi connectivity index (χ4v) is 7.55. The molecule has 1 aliphatic carbocycles. The van der Waals surface area contributed by atoms with Crippen molar-refractivity contribution in [1.29, 1.82) is 0 Å². The molecule has 3 aliphatic rings. The van der Waals surface area contributed by atoms with Crippen LogP contribution in [-0.2, 0) is 5.41 Å². The van der Waals surface area contributed by atoms with Crippen LogP contribution in [0.5, 0.6) is 0 Å². The number of anilines is 5. The van der Waals surface area contributed by atoms with E-state index in [9.17, 15) is 0 Å². The second-order valence-electron chi connectivity index (χ2n) is 11.2. The Morgan fingerprint density at radius 3 is 2.24 bits per heavy atom. The summed E-state index contributed by atoms with van der Waals surface area (Å²) >= 11 is 1.92. The minimum atomic E-state index is -0.155. The monoisotopic (exact) mass is 512 g/mol. The maximum atomic E-state index is 2.50. The lowest BCUT2D eigenvalue weighted by Crippen LogP contribution is -2.34. The number of para-hydroxylation sites is 2. The molecule has 2 heterocycles. The van der Waals surface area contributed by atoms with Gasteiger partial charge >= 0.3 is 0 Å². The summed E-state index contributed by atoms with van der Waals surface area (Å²) in [5, 5.41) is 0. The molecule has 188 valence electrons. The summed E-state index contributed by atoms with van der Waals surface area (Å²) in [6.07, 6.45) is 8.13. The van der Waals surface area contributed by atoms with Crippen LogP contribution in [0.3, 0.4) is 0 Å². The predicted molar refractivity (Wildman–Crippen MR) is 162 cm³/mol. The molecule has 3 heteroatoms. The summed E-state index contributed by atoms with van der Waals surface area (Å²) in [5.74, 6) is 0.577. The molecule has 0 bridgehead atoms. The van der Waals surface area contributed by atoms with E-state index in [2.05, 4.69) is 141 Å². The molecule has 2 aliphatic heterocycles. The summed E-state index contributed by atoms with van der Waals surface area (Å²) < 4.78 is 0. The normalized spacial score (nSPS) is 18.7. The van der Waals surface area contributed by atoms with Crippen LogP contribution in [-0.4, -0.2) is 0 Å².